The molecule has 1 aromatic rings. The maximum atomic E-state index is 9.73. The van der Waals surface area contributed by atoms with Crippen LogP contribution in [-0.2, 0) is 5.88 Å². The van der Waals surface area contributed by atoms with Crippen LogP contribution in [0.5, 0.6) is 0 Å². The fourth-order valence-electron chi connectivity index (χ4n) is 1.53. The smallest absolute Gasteiger partial charge is 0.318 e. The molecule has 5 nitrogen and oxygen atoms in total. The van der Waals surface area contributed by atoms with Gasteiger partial charge in [0.25, 0.3) is 0 Å². The van der Waals surface area contributed by atoms with E-state index in [9.17, 15) is 5.11 Å². The van der Waals surface area contributed by atoms with Gasteiger partial charge < -0.3 is 14.4 Å². The van der Waals surface area contributed by atoms with E-state index in [2.05, 4.69) is 10.2 Å². The summed E-state index contributed by atoms with van der Waals surface area (Å²) in [4.78, 5) is 1.86. The van der Waals surface area contributed by atoms with Gasteiger partial charge in [-0.2, -0.15) is 0 Å². The standard InChI is InChI=1S/C8H12ClN3O2/c1-8(13)2-3-12(5-8)7-11-10-6(4-9)14-7/h13H,2-5H2,1H3. The molecule has 0 aromatic carbocycles. The predicted octanol–water partition coefficient (Wildman–Crippen LogP) is 0.769. The highest BCUT2D eigenvalue weighted by Gasteiger charge is 2.33. The van der Waals surface area contributed by atoms with Gasteiger partial charge in [-0.3, -0.25) is 0 Å². The van der Waals surface area contributed by atoms with Crippen LogP contribution in [0.15, 0.2) is 4.42 Å². The number of hydrogen-bond donors (Lipinski definition) is 1. The van der Waals surface area contributed by atoms with Crippen molar-refractivity contribution in [3.63, 3.8) is 0 Å². The number of aromatic nitrogens is 2. The van der Waals surface area contributed by atoms with Crippen molar-refractivity contribution in [3.8, 4) is 0 Å². The molecule has 1 aliphatic heterocycles. The highest BCUT2D eigenvalue weighted by molar-refractivity contribution is 6.16. The third-order valence-corrected chi connectivity index (χ3v) is 2.52. The molecule has 1 aromatic heterocycles. The van der Waals surface area contributed by atoms with E-state index >= 15 is 0 Å². The molecule has 0 amide bonds. The van der Waals surface area contributed by atoms with E-state index in [-0.39, 0.29) is 5.88 Å². The zero-order chi connectivity index (χ0) is 10.2. The normalized spacial score (nSPS) is 27.2. The molecule has 1 atom stereocenters. The molecule has 0 aliphatic carbocycles. The lowest BCUT2D eigenvalue weighted by Gasteiger charge is -2.16. The van der Waals surface area contributed by atoms with Gasteiger partial charge in [-0.05, 0) is 13.3 Å². The van der Waals surface area contributed by atoms with Crippen molar-refractivity contribution in [3.05, 3.63) is 5.89 Å². The number of nitrogens with zero attached hydrogens (tertiary/aromatic N) is 3. The first-order valence-electron chi connectivity index (χ1n) is 4.46. The Balaban J connectivity index is 2.09. The number of β-amino-alcohol motifs (C(OH)–C–C–N with tert-alkyl or cyclic N) is 1. The van der Waals surface area contributed by atoms with Crippen LogP contribution in [0.2, 0.25) is 0 Å². The van der Waals surface area contributed by atoms with Crippen LogP contribution >= 0.6 is 11.6 Å². The Hall–Kier alpha value is -0.810. The Bertz CT molecular complexity index is 326. The van der Waals surface area contributed by atoms with Gasteiger partial charge in [-0.25, -0.2) is 0 Å². The zero-order valence-electron chi connectivity index (χ0n) is 7.90. The van der Waals surface area contributed by atoms with Gasteiger partial charge in [-0.15, -0.1) is 16.7 Å². The molecule has 6 heteroatoms. The average Bonchev–Trinajstić information content (AvgIpc) is 2.70. The Morgan fingerprint density at radius 1 is 1.64 bits per heavy atom. The Morgan fingerprint density at radius 3 is 2.93 bits per heavy atom. The molecule has 1 saturated heterocycles. The maximum Gasteiger partial charge on any atom is 0.318 e. The molecule has 0 radical (unpaired) electrons. The molecule has 0 saturated carbocycles. The third-order valence-electron chi connectivity index (χ3n) is 2.29. The van der Waals surface area contributed by atoms with Gasteiger partial charge in [0.1, 0.15) is 5.88 Å². The van der Waals surface area contributed by atoms with Gasteiger partial charge in [0, 0.05) is 6.54 Å². The lowest BCUT2D eigenvalue weighted by molar-refractivity contribution is 0.0836. The largest absolute Gasteiger partial charge is 0.407 e. The van der Waals surface area contributed by atoms with Crippen LogP contribution in [0.3, 0.4) is 0 Å². The lowest BCUT2D eigenvalue weighted by atomic mass is 10.1. The number of rotatable bonds is 2. The van der Waals surface area contributed by atoms with Gasteiger partial charge in [0.15, 0.2) is 0 Å². The van der Waals surface area contributed by atoms with E-state index in [0.29, 0.717) is 24.9 Å². The van der Waals surface area contributed by atoms with Crippen molar-refractivity contribution in [2.75, 3.05) is 18.0 Å². The van der Waals surface area contributed by atoms with E-state index in [0.717, 1.165) is 6.54 Å². The first-order chi connectivity index (χ1) is 6.61. The second kappa shape index (κ2) is 3.40. The summed E-state index contributed by atoms with van der Waals surface area (Å²) < 4.78 is 5.27. The highest BCUT2D eigenvalue weighted by Crippen LogP contribution is 2.25. The van der Waals surface area contributed by atoms with Crippen molar-refractivity contribution in [2.45, 2.75) is 24.8 Å². The number of aliphatic hydroxyl groups is 1. The molecule has 1 aliphatic rings. The summed E-state index contributed by atoms with van der Waals surface area (Å²) in [6.45, 7) is 3.06. The van der Waals surface area contributed by atoms with E-state index in [1.54, 1.807) is 6.92 Å². The van der Waals surface area contributed by atoms with Crippen LogP contribution < -0.4 is 4.90 Å². The van der Waals surface area contributed by atoms with Crippen LogP contribution in [-0.4, -0.2) is 34.0 Å². The maximum absolute atomic E-state index is 9.73. The average molecular weight is 218 g/mol. The molecule has 78 valence electrons. The molecule has 0 spiro atoms. The molecule has 1 unspecified atom stereocenters. The quantitative estimate of drug-likeness (QED) is 0.742. The summed E-state index contributed by atoms with van der Waals surface area (Å²) in [6.07, 6.45) is 0.714. The van der Waals surface area contributed by atoms with Crippen LogP contribution in [0.25, 0.3) is 0 Å². The topological polar surface area (TPSA) is 62.4 Å². The minimum absolute atomic E-state index is 0.219. The minimum Gasteiger partial charge on any atom is -0.407 e. The van der Waals surface area contributed by atoms with Gasteiger partial charge in [-0.1, -0.05) is 5.10 Å². The van der Waals surface area contributed by atoms with Crippen LogP contribution in [0.1, 0.15) is 19.2 Å². The summed E-state index contributed by atoms with van der Waals surface area (Å²) in [5.74, 6) is 0.630. The summed E-state index contributed by atoms with van der Waals surface area (Å²) >= 11 is 5.54. The van der Waals surface area contributed by atoms with Crippen LogP contribution in [0, 0.1) is 0 Å². The minimum atomic E-state index is -0.657. The van der Waals surface area contributed by atoms with Gasteiger partial charge in [0.05, 0.1) is 12.1 Å². The molecule has 1 fully saturated rings. The van der Waals surface area contributed by atoms with E-state index in [4.69, 9.17) is 16.0 Å². The summed E-state index contributed by atoms with van der Waals surface area (Å²) in [7, 11) is 0. The van der Waals surface area contributed by atoms with Crippen LogP contribution in [0.4, 0.5) is 6.01 Å². The number of halogens is 1. The SMILES string of the molecule is CC1(O)CCN(c2nnc(CCl)o2)C1. The predicted molar refractivity (Wildman–Crippen MR) is 51.3 cm³/mol. The monoisotopic (exact) mass is 217 g/mol. The Labute approximate surface area is 86.7 Å². The van der Waals surface area contributed by atoms with Crippen molar-refractivity contribution in [2.24, 2.45) is 0 Å². The molecule has 2 rings (SSSR count). The van der Waals surface area contributed by atoms with E-state index in [1.165, 1.54) is 0 Å². The Morgan fingerprint density at radius 2 is 2.43 bits per heavy atom. The van der Waals surface area contributed by atoms with Crippen molar-refractivity contribution < 1.29 is 9.52 Å². The lowest BCUT2D eigenvalue weighted by Crippen LogP contribution is -2.29. The van der Waals surface area contributed by atoms with Crippen molar-refractivity contribution >= 4 is 17.6 Å². The first kappa shape index (κ1) is 9.73. The zero-order valence-corrected chi connectivity index (χ0v) is 8.66. The summed E-state index contributed by atoms with van der Waals surface area (Å²) in [6, 6.07) is 0.443. The number of alkyl halides is 1. The molecular weight excluding hydrogens is 206 g/mol. The van der Waals surface area contributed by atoms with Crippen molar-refractivity contribution in [1.82, 2.24) is 10.2 Å². The van der Waals surface area contributed by atoms with E-state index < -0.39 is 5.60 Å². The molecule has 0 bridgehead atoms. The van der Waals surface area contributed by atoms with Gasteiger partial charge >= 0.3 is 6.01 Å². The molecule has 14 heavy (non-hydrogen) atoms. The molecular formula is C8H12ClN3O2. The molecule has 1 N–H and O–H groups in total. The fourth-order valence-corrected chi connectivity index (χ4v) is 1.64. The molecule has 2 heterocycles. The summed E-state index contributed by atoms with van der Waals surface area (Å²) in [5, 5.41) is 17.3. The first-order valence-corrected chi connectivity index (χ1v) is 5.00. The number of anilines is 1. The highest BCUT2D eigenvalue weighted by atomic mass is 35.5. The number of hydrogen-bond acceptors (Lipinski definition) is 5. The second-order valence-corrected chi connectivity index (χ2v) is 4.05. The third kappa shape index (κ3) is 1.83. The van der Waals surface area contributed by atoms with E-state index in [1.807, 2.05) is 4.90 Å². The summed E-state index contributed by atoms with van der Waals surface area (Å²) in [5.41, 5.74) is -0.657. The fraction of sp³-hybridized carbons (Fsp3) is 0.750. The Kier molecular flexibility index (Phi) is 2.36. The second-order valence-electron chi connectivity index (χ2n) is 3.78. The van der Waals surface area contributed by atoms with Gasteiger partial charge in [0.2, 0.25) is 5.89 Å². The van der Waals surface area contributed by atoms with Crippen molar-refractivity contribution in [1.29, 1.82) is 0 Å².